The third kappa shape index (κ3) is 32.4. The molecule has 16 rings (SSSR count). The standard InChI is InChI=1S/C19H16FN5O3.C12H10BrFN4O3.C12H8BrFN4O2.C12H9FN4O3.C7H7FN2O3.C7H9NO.C6H5ClN2O.C5H5BrN2O/c1-12-2-3-13(21-8-12)10-27-14-6-16-18(22-9-14)28-19(25-16)15-7-17(24-11-23-15)26-5-4-20;13-7-3-9(11(19)15-5-7)18-12(20)8-4-10(17-6-16-8)21-2-1-14;13-7-3-9-11(15-5-7)20-12(18-9)8-4-10(17-6-16-8)19-2-1-14;13-1-2-19-10-4-8(15-6-16-10)12-17-9-3-7(18)5-14-11(9)20-12;8-1-2-13-6-3-5(7(11)12)9-4-10-6;1-6-2-3-7(5-9)8-4-6;1-4(10)5-2-6(7)9-3-8-5;6-3-1-4(7)5(9)8-2-3/h2-3,6-9,11H,4-5,10H2,1H3;3-6H,1-2H2,(H,15,19)(H,18,20);3-6H,1-2H2;3-6,18H,1-2H2;3-4H,1-2H2,(H,11,12);2-4,9H,5H2,1H3;2-3H,1H3;1-2H,7H2,(H,8,9). The second-order valence-electron chi connectivity index (χ2n) is 24.7. The number of ketones is 1. The number of alkyl halides is 5. The van der Waals surface area contributed by atoms with Crippen LogP contribution in [0, 0.1) is 13.8 Å². The normalized spacial score (nSPS) is 10.3. The number of pyridine rings is 7. The predicted molar refractivity (Wildman–Crippen MR) is 463 cm³/mol. The fraction of sp³-hybridized carbons (Fsp3) is 0.188. The largest absolute Gasteiger partial charge is 0.506 e. The van der Waals surface area contributed by atoms with Gasteiger partial charge in [-0.25, -0.2) is 116 Å². The first-order valence-corrected chi connectivity index (χ1v) is 39.9. The Kier molecular flexibility index (Phi) is 39.1. The number of aryl methyl sites for hydroxylation is 2. The third-order valence-corrected chi connectivity index (χ3v) is 16.7. The first-order valence-electron chi connectivity index (χ1n) is 37.1. The molecule has 50 heteroatoms. The summed E-state index contributed by atoms with van der Waals surface area (Å²) >= 11 is 15.1. The molecule has 0 aliphatic carbocycles. The van der Waals surface area contributed by atoms with Crippen molar-refractivity contribution in [2.24, 2.45) is 0 Å². The van der Waals surface area contributed by atoms with E-state index >= 15 is 0 Å². The number of aromatic nitrogens is 22. The average Bonchev–Trinajstić information content (AvgIpc) is 1.71. The summed E-state index contributed by atoms with van der Waals surface area (Å²) in [6, 6.07) is 24.0. The van der Waals surface area contributed by atoms with E-state index in [9.17, 15) is 51.0 Å². The highest BCUT2D eigenvalue weighted by atomic mass is 79.9. The Hall–Kier alpha value is -15.1. The van der Waals surface area contributed by atoms with Crippen LogP contribution in [0.15, 0.2) is 209 Å². The molecule has 16 aromatic rings. The molecule has 41 nitrogen and oxygen atoms in total. The topological polar surface area (TPSA) is 568 Å². The molecule has 0 unspecified atom stereocenters. The van der Waals surface area contributed by atoms with Gasteiger partial charge in [-0.1, -0.05) is 23.7 Å². The fourth-order valence-corrected chi connectivity index (χ4v) is 10.5. The number of nitrogen functional groups attached to an aromatic ring is 1. The van der Waals surface area contributed by atoms with E-state index in [0.717, 1.165) is 50.2 Å². The van der Waals surface area contributed by atoms with Crippen LogP contribution in [0.4, 0.5) is 33.3 Å². The number of carboxylic acids is 1. The number of ether oxygens (including phenoxy) is 6. The minimum Gasteiger partial charge on any atom is -0.506 e. The number of amides is 1. The molecule has 1 amide bonds. The summed E-state index contributed by atoms with van der Waals surface area (Å²) < 4.78 is 110. The monoisotopic (exact) mass is 2000 g/mol. The maximum absolute atomic E-state index is 12.2. The molecule has 0 bridgehead atoms. The van der Waals surface area contributed by atoms with Gasteiger partial charge in [0.05, 0.1) is 36.1 Å². The van der Waals surface area contributed by atoms with Crippen molar-refractivity contribution in [3.05, 3.63) is 251 Å². The Morgan fingerprint density at radius 3 is 1.33 bits per heavy atom. The van der Waals surface area contributed by atoms with Crippen molar-refractivity contribution in [2.75, 3.05) is 77.5 Å². The number of nitrogens with two attached hydrogens (primary N) is 1. The van der Waals surface area contributed by atoms with Crippen LogP contribution >= 0.6 is 59.4 Å². The molecule has 0 saturated carbocycles. The van der Waals surface area contributed by atoms with Crippen LogP contribution in [0.3, 0.4) is 0 Å². The Bertz CT molecular complexity index is 6380. The number of fused-ring (bicyclic) bond motifs is 3. The summed E-state index contributed by atoms with van der Waals surface area (Å²) in [7, 11) is 0. The van der Waals surface area contributed by atoms with Gasteiger partial charge in [-0.15, -0.1) is 0 Å². The minimum atomic E-state index is -1.17. The zero-order valence-corrected chi connectivity index (χ0v) is 73.1. The lowest BCUT2D eigenvalue weighted by Crippen LogP contribution is -2.20. The van der Waals surface area contributed by atoms with E-state index < -0.39 is 50.8 Å². The number of anilines is 2. The molecule has 130 heavy (non-hydrogen) atoms. The molecule has 674 valence electrons. The number of hydrogen-bond donors (Lipinski definition) is 7. The Labute approximate surface area is 758 Å². The van der Waals surface area contributed by atoms with Crippen LogP contribution in [0.25, 0.3) is 68.4 Å². The van der Waals surface area contributed by atoms with Gasteiger partial charge in [0.2, 0.25) is 64.2 Å². The van der Waals surface area contributed by atoms with E-state index in [1.807, 2.05) is 38.1 Å². The number of aliphatic hydroxyl groups is 1. The number of aromatic hydroxyl groups is 1. The van der Waals surface area contributed by atoms with Gasteiger partial charge >= 0.3 is 5.97 Å². The molecule has 0 aliphatic rings. The molecule has 0 spiro atoms. The van der Waals surface area contributed by atoms with Gasteiger partial charge in [0.15, 0.2) is 11.5 Å². The highest BCUT2D eigenvalue weighted by Gasteiger charge is 2.19. The number of aliphatic hydroxyl groups excluding tert-OH is 1. The maximum atomic E-state index is 12.2. The van der Waals surface area contributed by atoms with Crippen molar-refractivity contribution in [2.45, 2.75) is 34.0 Å². The summed E-state index contributed by atoms with van der Waals surface area (Å²) in [5.41, 5.74) is 12.6. The number of carboxylic acid groups (broad SMARTS) is 1. The summed E-state index contributed by atoms with van der Waals surface area (Å²) in [5, 5.41) is 29.1. The second-order valence-corrected chi connectivity index (χ2v) is 27.9. The predicted octanol–water partition coefficient (Wildman–Crippen LogP) is 12.8. The third-order valence-electron chi connectivity index (χ3n) is 15.1. The summed E-state index contributed by atoms with van der Waals surface area (Å²) in [5.74, 6) is 0.304. The van der Waals surface area contributed by atoms with E-state index in [1.54, 1.807) is 49.2 Å². The Morgan fingerprint density at radius 1 is 0.462 bits per heavy atom. The number of hydrogen-bond acceptors (Lipinski definition) is 37. The summed E-state index contributed by atoms with van der Waals surface area (Å²) in [4.78, 5) is 139. The van der Waals surface area contributed by atoms with Crippen LogP contribution in [-0.4, -0.2) is 209 Å². The van der Waals surface area contributed by atoms with Crippen molar-refractivity contribution in [3.8, 4) is 75.7 Å². The van der Waals surface area contributed by atoms with Crippen molar-refractivity contribution in [3.63, 3.8) is 0 Å². The van der Waals surface area contributed by atoms with E-state index in [2.05, 4.69) is 163 Å². The van der Waals surface area contributed by atoms with Gasteiger partial charge < -0.3 is 78.0 Å². The molecular weight excluding hydrogens is 1940 g/mol. The average molecular weight is 2010 g/mol. The molecule has 0 fully saturated rings. The second kappa shape index (κ2) is 51.5. The van der Waals surface area contributed by atoms with Gasteiger partial charge in [0, 0.05) is 99.9 Å². The number of carbonyl (C=O) groups excluding carboxylic acids is 2. The SMILES string of the molecule is CC(=O)c1cc(Cl)ncn1.Cc1ccc(CO)nc1.Cc1ccc(COc2cnc3oc(-c4cc(OCCF)ncn4)nc3c2)nc1.FCCOc1cc(-c2nc3cc(Br)cnc3o2)ncn1.Nc1cc(Br)c[nH]c1=O.O=C(Nc1cc(Br)c[nH]c1=O)c1cc(OCCF)ncn1.O=C(O)c1cc(OCCF)ncn1.Oc1cnc2oc(-c3cc(OCCF)ncn3)nc2c1. The van der Waals surface area contributed by atoms with Gasteiger partial charge in [-0.3, -0.25) is 29.1 Å². The van der Waals surface area contributed by atoms with Crippen LogP contribution in [-0.2, 0) is 13.2 Å². The molecule has 16 aromatic heterocycles. The molecule has 0 saturated heterocycles. The smallest absolute Gasteiger partial charge is 0.354 e. The zero-order valence-electron chi connectivity index (χ0n) is 67.6. The van der Waals surface area contributed by atoms with Gasteiger partial charge in [0.25, 0.3) is 17.0 Å². The van der Waals surface area contributed by atoms with Crippen molar-refractivity contribution in [1.29, 1.82) is 0 Å². The molecule has 16 heterocycles. The van der Waals surface area contributed by atoms with Crippen molar-refractivity contribution >= 4 is 122 Å². The molecule has 0 aliphatic heterocycles. The molecule has 0 radical (unpaired) electrons. The number of aromatic carboxylic acids is 1. The van der Waals surface area contributed by atoms with Crippen molar-refractivity contribution < 1.29 is 93.3 Å². The summed E-state index contributed by atoms with van der Waals surface area (Å²) in [6.45, 7) is 2.08. The zero-order chi connectivity index (χ0) is 93.3. The number of H-pyrrole nitrogens is 2. The quantitative estimate of drug-likeness (QED) is 0.0150. The Balaban J connectivity index is 0.000000172. The first-order chi connectivity index (χ1) is 62.8. The molecule has 8 N–H and O–H groups in total. The molecule has 0 aromatic carbocycles. The number of rotatable bonds is 26. The fourth-order valence-electron chi connectivity index (χ4n) is 9.29. The van der Waals surface area contributed by atoms with E-state index in [0.29, 0.717) is 78.6 Å². The molecule has 0 atom stereocenters. The lowest BCUT2D eigenvalue weighted by Gasteiger charge is -2.06. The van der Waals surface area contributed by atoms with Crippen LogP contribution < -0.4 is 50.6 Å². The lowest BCUT2D eigenvalue weighted by atomic mass is 10.3. The van der Waals surface area contributed by atoms with Crippen LogP contribution in [0.1, 0.15) is 60.9 Å². The van der Waals surface area contributed by atoms with Crippen LogP contribution in [0.5, 0.6) is 40.9 Å². The van der Waals surface area contributed by atoms with Gasteiger partial charge in [-0.05, 0) is 103 Å². The van der Waals surface area contributed by atoms with Crippen LogP contribution in [0.2, 0.25) is 5.15 Å². The number of nitrogens with zero attached hydrogens (tertiary/aromatic N) is 20. The number of Topliss-reactive ketones (excluding diaryl/α,β-unsaturated/α-hetero) is 1. The van der Waals surface area contributed by atoms with E-state index in [1.165, 1.54) is 87.1 Å². The highest BCUT2D eigenvalue weighted by Crippen LogP contribution is 2.29. The Morgan fingerprint density at radius 2 is 0.885 bits per heavy atom. The minimum absolute atomic E-state index is 0.00164. The number of carbonyl (C=O) groups is 3. The lowest BCUT2D eigenvalue weighted by molar-refractivity contribution is 0.0688. The van der Waals surface area contributed by atoms with Crippen molar-refractivity contribution in [1.82, 2.24) is 110 Å². The summed E-state index contributed by atoms with van der Waals surface area (Å²) in [6.07, 6.45) is 18.3. The van der Waals surface area contributed by atoms with Gasteiger partial charge in [0.1, 0.15) is 178 Å². The van der Waals surface area contributed by atoms with E-state index in [4.69, 9.17) is 69.2 Å². The molecular formula is C80H69Br3ClF5N24O17. The number of halogens is 9. The maximum Gasteiger partial charge on any atom is 0.354 e. The number of aromatic amines is 2. The van der Waals surface area contributed by atoms with Gasteiger partial charge in [-0.2, -0.15) is 0 Å². The van der Waals surface area contributed by atoms with E-state index in [-0.39, 0.29) is 126 Å². The highest BCUT2D eigenvalue weighted by molar-refractivity contribution is 9.11. The number of nitrogens with one attached hydrogen (secondary N) is 3. The number of oxazole rings is 3. The first kappa shape index (κ1) is 98.7.